The van der Waals surface area contributed by atoms with Crippen LogP contribution in [0.5, 0.6) is 0 Å². The predicted octanol–water partition coefficient (Wildman–Crippen LogP) is 1.06. The van der Waals surface area contributed by atoms with Crippen molar-refractivity contribution < 1.29 is 23.1 Å². The second-order valence-corrected chi connectivity index (χ2v) is 9.52. The summed E-state index contributed by atoms with van der Waals surface area (Å²) in [6.45, 7) is 2.58. The van der Waals surface area contributed by atoms with Crippen molar-refractivity contribution in [1.82, 2.24) is 9.80 Å². The van der Waals surface area contributed by atoms with Crippen LogP contribution in [0.1, 0.15) is 24.6 Å². The molecule has 0 radical (unpaired) electrons. The first-order valence-electron chi connectivity index (χ1n) is 8.27. The molecule has 1 unspecified atom stereocenters. The molecule has 2 rings (SSSR count). The fourth-order valence-corrected chi connectivity index (χ4v) is 5.45. The van der Waals surface area contributed by atoms with Crippen LogP contribution in [-0.4, -0.2) is 72.4 Å². The molecule has 1 saturated heterocycles. The van der Waals surface area contributed by atoms with Gasteiger partial charge in [-0.2, -0.15) is 0 Å². The summed E-state index contributed by atoms with van der Waals surface area (Å²) in [5, 5.41) is 10.9. The maximum Gasteiger partial charge on any atom is 0.317 e. The largest absolute Gasteiger partial charge is 0.480 e. The number of hydrogen-bond acceptors (Lipinski definition) is 6. The van der Waals surface area contributed by atoms with Gasteiger partial charge < -0.3 is 10.0 Å². The van der Waals surface area contributed by atoms with Crippen molar-refractivity contribution in [2.75, 3.05) is 31.1 Å². The van der Waals surface area contributed by atoms with Crippen LogP contribution in [0.3, 0.4) is 0 Å². The molecule has 7 nitrogen and oxygen atoms in total. The molecule has 1 N–H and O–H groups in total. The Morgan fingerprint density at radius 1 is 1.36 bits per heavy atom. The van der Waals surface area contributed by atoms with E-state index in [9.17, 15) is 18.0 Å². The monoisotopic (exact) mass is 388 g/mol. The number of carbonyl (C=O) groups excluding carboxylic acids is 1. The average Bonchev–Trinajstić information content (AvgIpc) is 3.13. The predicted molar refractivity (Wildman–Crippen MR) is 96.3 cm³/mol. The maximum absolute atomic E-state index is 12.8. The molecular weight excluding hydrogens is 364 g/mol. The smallest absolute Gasteiger partial charge is 0.317 e. The fraction of sp³-hybridized carbons (Fsp3) is 0.625. The quantitative estimate of drug-likeness (QED) is 0.680. The molecule has 1 aromatic rings. The van der Waals surface area contributed by atoms with Crippen molar-refractivity contribution in [2.24, 2.45) is 0 Å². The molecule has 9 heteroatoms. The number of thiophene rings is 1. The molecule has 0 saturated carbocycles. The lowest BCUT2D eigenvalue weighted by Gasteiger charge is -2.30. The fourth-order valence-electron chi connectivity index (χ4n) is 3.02. The van der Waals surface area contributed by atoms with Crippen molar-refractivity contribution in [1.29, 1.82) is 0 Å². The van der Waals surface area contributed by atoms with E-state index in [0.717, 1.165) is 11.3 Å². The summed E-state index contributed by atoms with van der Waals surface area (Å²) in [5.41, 5.74) is 0. The highest BCUT2D eigenvalue weighted by Gasteiger charge is 2.35. The maximum atomic E-state index is 12.8. The second-order valence-electron chi connectivity index (χ2n) is 6.26. The van der Waals surface area contributed by atoms with Crippen molar-refractivity contribution in [3.05, 3.63) is 22.4 Å². The van der Waals surface area contributed by atoms with Crippen molar-refractivity contribution in [2.45, 2.75) is 32.4 Å². The Hall–Kier alpha value is -1.45. The lowest BCUT2D eigenvalue weighted by molar-refractivity contribution is -0.140. The van der Waals surface area contributed by atoms with E-state index in [1.807, 2.05) is 24.4 Å². The number of aliphatic carboxylic acids is 1. The van der Waals surface area contributed by atoms with Crippen LogP contribution >= 0.6 is 11.3 Å². The van der Waals surface area contributed by atoms with Crippen LogP contribution in [0.25, 0.3) is 0 Å². The number of nitrogens with zero attached hydrogens (tertiary/aromatic N) is 2. The van der Waals surface area contributed by atoms with Crippen LogP contribution in [0.4, 0.5) is 0 Å². The molecule has 1 fully saturated rings. The standard InChI is InChI=1S/C16H24N2O5S2/c1-2-6-17(11-16(20)21)10-15(19)18(9-14-4-3-7-24-14)13-5-8-25(22,23)12-13/h3-4,7,13H,2,5-6,8-12H2,1H3,(H,20,21). The SMILES string of the molecule is CCCN(CC(=O)O)CC(=O)N(Cc1cccs1)C1CCS(=O)(=O)C1. The molecule has 1 atom stereocenters. The first-order chi connectivity index (χ1) is 11.8. The Morgan fingerprint density at radius 2 is 2.12 bits per heavy atom. The molecule has 1 aromatic heterocycles. The van der Waals surface area contributed by atoms with Gasteiger partial charge in [0.05, 0.1) is 31.1 Å². The zero-order valence-electron chi connectivity index (χ0n) is 14.3. The topological polar surface area (TPSA) is 95.0 Å². The third kappa shape index (κ3) is 6.09. The first kappa shape index (κ1) is 19.9. The molecule has 0 bridgehead atoms. The molecule has 0 aliphatic carbocycles. The van der Waals surface area contributed by atoms with Gasteiger partial charge in [-0.1, -0.05) is 13.0 Å². The molecule has 140 valence electrons. The van der Waals surface area contributed by atoms with Crippen molar-refractivity contribution >= 4 is 33.1 Å². The molecule has 1 aliphatic rings. The highest BCUT2D eigenvalue weighted by atomic mass is 32.2. The molecule has 2 heterocycles. The number of amides is 1. The molecule has 25 heavy (non-hydrogen) atoms. The first-order valence-corrected chi connectivity index (χ1v) is 11.0. The van der Waals surface area contributed by atoms with E-state index in [-0.39, 0.29) is 36.5 Å². The van der Waals surface area contributed by atoms with Crippen LogP contribution in [0, 0.1) is 0 Å². The number of sulfone groups is 1. The van der Waals surface area contributed by atoms with Crippen LogP contribution in [0.15, 0.2) is 17.5 Å². The molecular formula is C16H24N2O5S2. The van der Waals surface area contributed by atoms with E-state index in [1.165, 1.54) is 11.3 Å². The minimum absolute atomic E-state index is 0.0118. The van der Waals surface area contributed by atoms with Gasteiger partial charge in [0.1, 0.15) is 0 Å². The summed E-state index contributed by atoms with van der Waals surface area (Å²) in [4.78, 5) is 28.0. The minimum atomic E-state index is -3.11. The summed E-state index contributed by atoms with van der Waals surface area (Å²) in [6.07, 6.45) is 1.18. The zero-order chi connectivity index (χ0) is 18.4. The number of rotatable bonds is 9. The van der Waals surface area contributed by atoms with E-state index in [0.29, 0.717) is 19.5 Å². The lowest BCUT2D eigenvalue weighted by atomic mass is 10.2. The Balaban J connectivity index is 2.12. The van der Waals surface area contributed by atoms with Gasteiger partial charge in [-0.3, -0.25) is 14.5 Å². The van der Waals surface area contributed by atoms with Gasteiger partial charge in [-0.15, -0.1) is 11.3 Å². The van der Waals surface area contributed by atoms with Gasteiger partial charge in [0, 0.05) is 10.9 Å². The van der Waals surface area contributed by atoms with E-state index in [1.54, 1.807) is 9.80 Å². The lowest BCUT2D eigenvalue weighted by Crippen LogP contribution is -2.46. The highest BCUT2D eigenvalue weighted by Crippen LogP contribution is 2.22. The van der Waals surface area contributed by atoms with Gasteiger partial charge in [0.15, 0.2) is 9.84 Å². The summed E-state index contributed by atoms with van der Waals surface area (Å²) >= 11 is 1.52. The van der Waals surface area contributed by atoms with Crippen molar-refractivity contribution in [3.8, 4) is 0 Å². The van der Waals surface area contributed by atoms with Crippen LogP contribution in [0.2, 0.25) is 0 Å². The Labute approximate surface area is 152 Å². The minimum Gasteiger partial charge on any atom is -0.480 e. The summed E-state index contributed by atoms with van der Waals surface area (Å²) in [6, 6.07) is 3.46. The average molecular weight is 389 g/mol. The summed E-state index contributed by atoms with van der Waals surface area (Å²) < 4.78 is 23.6. The van der Waals surface area contributed by atoms with Crippen molar-refractivity contribution in [3.63, 3.8) is 0 Å². The van der Waals surface area contributed by atoms with E-state index in [4.69, 9.17) is 5.11 Å². The Bertz CT molecular complexity index is 687. The normalized spacial score (nSPS) is 19.2. The summed E-state index contributed by atoms with van der Waals surface area (Å²) in [7, 11) is -3.11. The number of carbonyl (C=O) groups is 2. The number of carboxylic acid groups (broad SMARTS) is 1. The summed E-state index contributed by atoms with van der Waals surface area (Å²) in [5.74, 6) is -1.11. The van der Waals surface area contributed by atoms with Gasteiger partial charge >= 0.3 is 5.97 Å². The Morgan fingerprint density at radius 3 is 2.64 bits per heavy atom. The van der Waals surface area contributed by atoms with E-state index in [2.05, 4.69) is 0 Å². The third-order valence-corrected chi connectivity index (χ3v) is 6.74. The van der Waals surface area contributed by atoms with Gasteiger partial charge in [0.25, 0.3) is 0 Å². The number of carboxylic acids is 1. The van der Waals surface area contributed by atoms with Crippen LogP contribution < -0.4 is 0 Å². The van der Waals surface area contributed by atoms with E-state index < -0.39 is 15.8 Å². The zero-order valence-corrected chi connectivity index (χ0v) is 15.9. The van der Waals surface area contributed by atoms with Gasteiger partial charge in [-0.05, 0) is 30.8 Å². The highest BCUT2D eigenvalue weighted by molar-refractivity contribution is 7.91. The number of hydrogen-bond donors (Lipinski definition) is 1. The molecule has 0 spiro atoms. The van der Waals surface area contributed by atoms with E-state index >= 15 is 0 Å². The van der Waals surface area contributed by atoms with Crippen LogP contribution in [-0.2, 0) is 26.0 Å². The molecule has 1 aliphatic heterocycles. The molecule has 1 amide bonds. The Kier molecular flexibility index (Phi) is 6.97. The molecule has 0 aromatic carbocycles. The third-order valence-electron chi connectivity index (χ3n) is 4.13. The van der Waals surface area contributed by atoms with Gasteiger partial charge in [0.2, 0.25) is 5.91 Å². The second kappa shape index (κ2) is 8.77. The van der Waals surface area contributed by atoms with Gasteiger partial charge in [-0.25, -0.2) is 8.42 Å².